The van der Waals surface area contributed by atoms with Crippen molar-refractivity contribution in [3.63, 3.8) is 0 Å². The number of benzene rings is 1. The highest BCUT2D eigenvalue weighted by atomic mass is 16.6. The van der Waals surface area contributed by atoms with E-state index in [4.69, 9.17) is 0 Å². The quantitative estimate of drug-likeness (QED) is 0.452. The highest BCUT2D eigenvalue weighted by Gasteiger charge is 2.51. The van der Waals surface area contributed by atoms with Gasteiger partial charge >= 0.3 is 0 Å². The standard InChI is InChI=1S/C20H23N3O5/c1-19(2)7-13-8-20(3,10-19)11-22(13)16(24)9-21-17(25)14-5-4-12(23(27)28)6-15(14)18(21)26/h4-6,13H,7-11H2,1-3H3/t13-,20-/m0/s1. The molecule has 1 aromatic carbocycles. The van der Waals surface area contributed by atoms with Gasteiger partial charge in [-0.1, -0.05) is 20.8 Å². The van der Waals surface area contributed by atoms with Crippen LogP contribution in [0.15, 0.2) is 18.2 Å². The molecule has 0 radical (unpaired) electrons. The van der Waals surface area contributed by atoms with Gasteiger partial charge in [-0.3, -0.25) is 29.4 Å². The van der Waals surface area contributed by atoms with Crippen molar-refractivity contribution < 1.29 is 19.3 Å². The van der Waals surface area contributed by atoms with Crippen LogP contribution in [-0.4, -0.2) is 51.6 Å². The average molecular weight is 385 g/mol. The van der Waals surface area contributed by atoms with Gasteiger partial charge < -0.3 is 4.90 Å². The first-order valence-electron chi connectivity index (χ1n) is 9.44. The predicted molar refractivity (Wildman–Crippen MR) is 99.7 cm³/mol. The van der Waals surface area contributed by atoms with Crippen molar-refractivity contribution in [2.24, 2.45) is 10.8 Å². The van der Waals surface area contributed by atoms with Crippen molar-refractivity contribution in [1.82, 2.24) is 9.80 Å². The van der Waals surface area contributed by atoms with E-state index in [9.17, 15) is 24.5 Å². The van der Waals surface area contributed by atoms with Gasteiger partial charge in [0.1, 0.15) is 6.54 Å². The molecule has 0 unspecified atom stereocenters. The molecule has 1 aliphatic carbocycles. The van der Waals surface area contributed by atoms with E-state index in [1.165, 1.54) is 12.1 Å². The average Bonchev–Trinajstić information content (AvgIpc) is 2.98. The Bertz CT molecular complexity index is 924. The van der Waals surface area contributed by atoms with Crippen LogP contribution in [0, 0.1) is 20.9 Å². The van der Waals surface area contributed by atoms with Gasteiger partial charge in [-0.05, 0) is 36.2 Å². The first-order valence-corrected chi connectivity index (χ1v) is 9.44. The summed E-state index contributed by atoms with van der Waals surface area (Å²) in [6, 6.07) is 3.70. The second-order valence-corrected chi connectivity index (χ2v) is 9.42. The molecule has 148 valence electrons. The first-order chi connectivity index (χ1) is 13.0. The van der Waals surface area contributed by atoms with Gasteiger partial charge in [-0.25, -0.2) is 0 Å². The lowest BCUT2D eigenvalue weighted by Gasteiger charge is -2.39. The van der Waals surface area contributed by atoms with Gasteiger partial charge in [-0.15, -0.1) is 0 Å². The normalized spacial score (nSPS) is 27.9. The highest BCUT2D eigenvalue weighted by Crippen LogP contribution is 2.52. The number of rotatable bonds is 3. The Labute approximate surface area is 162 Å². The van der Waals surface area contributed by atoms with Crippen LogP contribution in [0.1, 0.15) is 60.7 Å². The summed E-state index contributed by atoms with van der Waals surface area (Å²) in [5, 5.41) is 10.9. The zero-order chi connectivity index (χ0) is 20.4. The van der Waals surface area contributed by atoms with E-state index in [0.29, 0.717) is 6.54 Å². The lowest BCUT2D eigenvalue weighted by molar-refractivity contribution is -0.384. The maximum absolute atomic E-state index is 13.0. The van der Waals surface area contributed by atoms with Crippen molar-refractivity contribution in [2.75, 3.05) is 13.1 Å². The molecule has 2 heterocycles. The Morgan fingerprint density at radius 2 is 1.86 bits per heavy atom. The molecule has 1 saturated heterocycles. The molecule has 2 aliphatic heterocycles. The highest BCUT2D eigenvalue weighted by molar-refractivity contribution is 6.22. The van der Waals surface area contributed by atoms with E-state index >= 15 is 0 Å². The number of nitrogens with zero attached hydrogens (tertiary/aromatic N) is 3. The zero-order valence-corrected chi connectivity index (χ0v) is 16.2. The van der Waals surface area contributed by atoms with Crippen LogP contribution in [-0.2, 0) is 4.79 Å². The fourth-order valence-electron chi connectivity index (χ4n) is 5.51. The van der Waals surface area contributed by atoms with Crippen LogP contribution in [0.4, 0.5) is 5.69 Å². The molecule has 1 aromatic rings. The molecule has 28 heavy (non-hydrogen) atoms. The summed E-state index contributed by atoms with van der Waals surface area (Å²) in [5.41, 5.74) is 0.0553. The molecular weight excluding hydrogens is 362 g/mol. The lowest BCUT2D eigenvalue weighted by atomic mass is 9.65. The third-order valence-corrected chi connectivity index (χ3v) is 6.19. The number of nitro groups is 1. The molecule has 8 nitrogen and oxygen atoms in total. The number of carbonyl (C=O) groups is 3. The van der Waals surface area contributed by atoms with Crippen molar-refractivity contribution in [1.29, 1.82) is 0 Å². The number of likely N-dealkylation sites (tertiary alicyclic amines) is 1. The van der Waals surface area contributed by atoms with Crippen LogP contribution in [0.2, 0.25) is 0 Å². The zero-order valence-electron chi connectivity index (χ0n) is 16.2. The predicted octanol–water partition coefficient (Wildman–Crippen LogP) is 2.62. The molecule has 4 rings (SSSR count). The van der Waals surface area contributed by atoms with Crippen molar-refractivity contribution in [3.8, 4) is 0 Å². The summed E-state index contributed by atoms with van der Waals surface area (Å²) in [6.07, 6.45) is 2.89. The second kappa shape index (κ2) is 5.86. The van der Waals surface area contributed by atoms with Gasteiger partial charge in [-0.2, -0.15) is 0 Å². The van der Waals surface area contributed by atoms with Gasteiger partial charge in [0.25, 0.3) is 17.5 Å². The number of non-ortho nitro benzene ring substituents is 1. The number of amides is 3. The third kappa shape index (κ3) is 2.87. The Hall–Kier alpha value is -2.77. The topological polar surface area (TPSA) is 101 Å². The van der Waals surface area contributed by atoms with Gasteiger partial charge in [0.05, 0.1) is 16.1 Å². The van der Waals surface area contributed by atoms with Gasteiger partial charge in [0.2, 0.25) is 5.91 Å². The van der Waals surface area contributed by atoms with Crippen molar-refractivity contribution in [3.05, 3.63) is 39.4 Å². The molecular formula is C20H23N3O5. The van der Waals surface area contributed by atoms with Crippen LogP contribution in [0.5, 0.6) is 0 Å². The fraction of sp³-hybridized carbons (Fsp3) is 0.550. The minimum absolute atomic E-state index is 0.0136. The fourth-order valence-corrected chi connectivity index (χ4v) is 5.51. The maximum Gasteiger partial charge on any atom is 0.270 e. The third-order valence-electron chi connectivity index (χ3n) is 6.19. The van der Waals surface area contributed by atoms with Crippen LogP contribution >= 0.6 is 0 Å². The Kier molecular flexibility index (Phi) is 3.89. The van der Waals surface area contributed by atoms with E-state index < -0.39 is 16.7 Å². The monoisotopic (exact) mass is 385 g/mol. The van der Waals surface area contributed by atoms with Crippen molar-refractivity contribution >= 4 is 23.4 Å². The number of fused-ring (bicyclic) bond motifs is 3. The maximum atomic E-state index is 13.0. The molecule has 8 heteroatoms. The van der Waals surface area contributed by atoms with E-state index in [1.807, 2.05) is 4.90 Å². The molecule has 2 fully saturated rings. The summed E-state index contributed by atoms with van der Waals surface area (Å²) < 4.78 is 0. The smallest absolute Gasteiger partial charge is 0.270 e. The first kappa shape index (κ1) is 18.6. The minimum atomic E-state index is -0.647. The van der Waals surface area contributed by atoms with E-state index in [2.05, 4.69) is 20.8 Å². The summed E-state index contributed by atoms with van der Waals surface area (Å²) in [6.45, 7) is 6.92. The number of hydrogen-bond acceptors (Lipinski definition) is 5. The molecule has 3 aliphatic rings. The van der Waals surface area contributed by atoms with Crippen LogP contribution in [0.3, 0.4) is 0 Å². The number of nitro benzene ring substituents is 1. The SMILES string of the molecule is CC1(C)C[C@H]2C[C@](C)(CN2C(=O)CN2C(=O)c3ccc([N+](=O)[O-])cc3C2=O)C1. The summed E-state index contributed by atoms with van der Waals surface area (Å²) >= 11 is 0. The summed E-state index contributed by atoms with van der Waals surface area (Å²) in [5.74, 6) is -1.46. The van der Waals surface area contributed by atoms with Crippen LogP contribution < -0.4 is 0 Å². The number of imide groups is 1. The molecule has 0 N–H and O–H groups in total. The van der Waals surface area contributed by atoms with Gasteiger partial charge in [0.15, 0.2) is 0 Å². The Morgan fingerprint density at radius 1 is 1.18 bits per heavy atom. The Balaban J connectivity index is 1.54. The molecule has 2 atom stereocenters. The number of hydrogen-bond donors (Lipinski definition) is 0. The molecule has 2 bridgehead atoms. The Morgan fingerprint density at radius 3 is 2.54 bits per heavy atom. The van der Waals surface area contributed by atoms with E-state index in [0.717, 1.165) is 30.2 Å². The molecule has 0 aromatic heterocycles. The summed E-state index contributed by atoms with van der Waals surface area (Å²) in [4.78, 5) is 51.3. The van der Waals surface area contributed by atoms with E-state index in [1.54, 1.807) is 0 Å². The van der Waals surface area contributed by atoms with Crippen molar-refractivity contribution in [2.45, 2.75) is 46.1 Å². The number of carbonyl (C=O) groups excluding carboxylic acids is 3. The molecule has 1 saturated carbocycles. The second-order valence-electron chi connectivity index (χ2n) is 9.42. The minimum Gasteiger partial charge on any atom is -0.338 e. The van der Waals surface area contributed by atoms with E-state index in [-0.39, 0.29) is 46.1 Å². The van der Waals surface area contributed by atoms with Crippen LogP contribution in [0.25, 0.3) is 0 Å². The molecule has 3 amide bonds. The lowest BCUT2D eigenvalue weighted by Crippen LogP contribution is -2.45. The summed E-state index contributed by atoms with van der Waals surface area (Å²) in [7, 11) is 0. The van der Waals surface area contributed by atoms with Gasteiger partial charge in [0, 0.05) is 24.7 Å². The largest absolute Gasteiger partial charge is 0.338 e. The molecule has 0 spiro atoms.